The third-order valence-electron chi connectivity index (χ3n) is 4.02. The standard InChI is InChI=1S/C17H18N4/c18-11-13-7-9-15(10-8-13)16(17-19-12-20-21-17)14-5-3-1-2-4-6-14/h7-10,12H,1-6H2,(H,19,20,21). The highest BCUT2D eigenvalue weighted by Gasteiger charge is 2.16. The molecule has 1 heterocycles. The average Bonchev–Trinajstić information content (AvgIpc) is 2.91. The van der Waals surface area contributed by atoms with Crippen molar-refractivity contribution in [1.82, 2.24) is 15.2 Å². The van der Waals surface area contributed by atoms with Crippen molar-refractivity contribution in [3.63, 3.8) is 0 Å². The van der Waals surface area contributed by atoms with Gasteiger partial charge in [-0.3, -0.25) is 5.10 Å². The van der Waals surface area contributed by atoms with Gasteiger partial charge in [-0.15, -0.1) is 0 Å². The number of hydrogen-bond acceptors (Lipinski definition) is 3. The van der Waals surface area contributed by atoms with E-state index in [4.69, 9.17) is 5.26 Å². The Morgan fingerprint density at radius 3 is 2.33 bits per heavy atom. The second kappa shape index (κ2) is 6.36. The van der Waals surface area contributed by atoms with Crippen LogP contribution in [0.15, 0.2) is 36.2 Å². The predicted molar refractivity (Wildman–Crippen MR) is 81.3 cm³/mol. The Hall–Kier alpha value is -2.41. The van der Waals surface area contributed by atoms with Crippen molar-refractivity contribution < 1.29 is 0 Å². The first-order chi connectivity index (χ1) is 10.4. The summed E-state index contributed by atoms with van der Waals surface area (Å²) in [6.07, 6.45) is 8.88. The average molecular weight is 278 g/mol. The van der Waals surface area contributed by atoms with Crippen molar-refractivity contribution in [1.29, 1.82) is 5.26 Å². The van der Waals surface area contributed by atoms with Gasteiger partial charge in [0, 0.05) is 5.57 Å². The number of rotatable bonds is 2. The van der Waals surface area contributed by atoms with Crippen molar-refractivity contribution >= 4 is 5.57 Å². The maximum atomic E-state index is 8.95. The zero-order chi connectivity index (χ0) is 14.5. The molecule has 0 amide bonds. The first kappa shape index (κ1) is 13.6. The third-order valence-corrected chi connectivity index (χ3v) is 4.02. The summed E-state index contributed by atoms with van der Waals surface area (Å²) in [6.45, 7) is 0. The number of nitrogens with one attached hydrogen (secondary N) is 1. The third kappa shape index (κ3) is 3.03. The van der Waals surface area contributed by atoms with Crippen molar-refractivity contribution in [2.45, 2.75) is 38.5 Å². The van der Waals surface area contributed by atoms with E-state index in [0.717, 1.165) is 24.2 Å². The number of hydrogen-bond donors (Lipinski definition) is 1. The molecule has 106 valence electrons. The Kier molecular flexibility index (Phi) is 4.11. The molecule has 0 aliphatic heterocycles. The number of benzene rings is 1. The molecule has 3 rings (SSSR count). The molecule has 1 aromatic carbocycles. The fraction of sp³-hybridized carbons (Fsp3) is 0.353. The molecule has 0 spiro atoms. The van der Waals surface area contributed by atoms with Crippen LogP contribution in [0.4, 0.5) is 0 Å². The van der Waals surface area contributed by atoms with Crippen LogP contribution in [0.25, 0.3) is 5.57 Å². The molecule has 0 bridgehead atoms. The van der Waals surface area contributed by atoms with Crippen LogP contribution in [-0.4, -0.2) is 15.2 Å². The molecule has 1 aliphatic carbocycles. The zero-order valence-corrected chi connectivity index (χ0v) is 12.0. The van der Waals surface area contributed by atoms with Gasteiger partial charge >= 0.3 is 0 Å². The molecule has 0 atom stereocenters. The summed E-state index contributed by atoms with van der Waals surface area (Å²) in [4.78, 5) is 4.35. The van der Waals surface area contributed by atoms with Crippen molar-refractivity contribution in [3.05, 3.63) is 53.1 Å². The molecule has 1 aliphatic rings. The summed E-state index contributed by atoms with van der Waals surface area (Å²) < 4.78 is 0. The molecule has 0 unspecified atom stereocenters. The summed E-state index contributed by atoms with van der Waals surface area (Å²) >= 11 is 0. The van der Waals surface area contributed by atoms with Gasteiger partial charge in [0.1, 0.15) is 6.33 Å². The summed E-state index contributed by atoms with van der Waals surface area (Å²) in [5.41, 5.74) is 4.41. The van der Waals surface area contributed by atoms with Crippen LogP contribution in [0, 0.1) is 11.3 Å². The van der Waals surface area contributed by atoms with E-state index in [2.05, 4.69) is 21.3 Å². The van der Waals surface area contributed by atoms with Gasteiger partial charge in [-0.25, -0.2) is 4.98 Å². The minimum absolute atomic E-state index is 0.682. The molecule has 1 saturated carbocycles. The van der Waals surface area contributed by atoms with E-state index in [1.54, 1.807) is 6.33 Å². The Bertz CT molecular complexity index is 650. The number of nitrogens with zero attached hydrogens (tertiary/aromatic N) is 3. The van der Waals surface area contributed by atoms with Crippen molar-refractivity contribution in [3.8, 4) is 6.07 Å². The Morgan fingerprint density at radius 2 is 1.76 bits per heavy atom. The van der Waals surface area contributed by atoms with Gasteiger partial charge in [0.15, 0.2) is 5.82 Å². The number of aromatic amines is 1. The lowest BCUT2D eigenvalue weighted by Crippen LogP contribution is -1.97. The van der Waals surface area contributed by atoms with Gasteiger partial charge in [0.05, 0.1) is 11.6 Å². The minimum atomic E-state index is 0.682. The van der Waals surface area contributed by atoms with Gasteiger partial charge in [0.2, 0.25) is 0 Å². The second-order valence-electron chi connectivity index (χ2n) is 5.42. The van der Waals surface area contributed by atoms with Crippen molar-refractivity contribution in [2.24, 2.45) is 0 Å². The monoisotopic (exact) mass is 278 g/mol. The summed E-state index contributed by atoms with van der Waals surface area (Å²) in [7, 11) is 0. The fourth-order valence-electron chi connectivity index (χ4n) is 2.95. The van der Waals surface area contributed by atoms with E-state index >= 15 is 0 Å². The number of allylic oxidation sites excluding steroid dienone is 1. The highest BCUT2D eigenvalue weighted by molar-refractivity contribution is 5.78. The highest BCUT2D eigenvalue weighted by Crippen LogP contribution is 2.32. The molecule has 0 radical (unpaired) electrons. The van der Waals surface area contributed by atoms with E-state index in [-0.39, 0.29) is 0 Å². The first-order valence-electron chi connectivity index (χ1n) is 7.47. The molecule has 21 heavy (non-hydrogen) atoms. The Morgan fingerprint density at radius 1 is 1.05 bits per heavy atom. The van der Waals surface area contributed by atoms with Gasteiger partial charge in [-0.05, 0) is 43.4 Å². The smallest absolute Gasteiger partial charge is 0.155 e. The topological polar surface area (TPSA) is 65.4 Å². The molecule has 0 saturated heterocycles. The predicted octanol–water partition coefficient (Wildman–Crippen LogP) is 3.83. The maximum Gasteiger partial charge on any atom is 0.155 e. The largest absolute Gasteiger partial charge is 0.259 e. The lowest BCUT2D eigenvalue weighted by Gasteiger charge is -2.12. The number of aromatic nitrogens is 3. The lowest BCUT2D eigenvalue weighted by atomic mass is 9.94. The van der Waals surface area contributed by atoms with Gasteiger partial charge in [-0.2, -0.15) is 10.4 Å². The minimum Gasteiger partial charge on any atom is -0.259 e. The molecule has 4 nitrogen and oxygen atoms in total. The highest BCUT2D eigenvalue weighted by atomic mass is 15.2. The Labute approximate surface area is 124 Å². The summed E-state index contributed by atoms with van der Waals surface area (Å²) in [5, 5.41) is 15.9. The summed E-state index contributed by atoms with van der Waals surface area (Å²) in [6, 6.07) is 9.91. The van der Waals surface area contributed by atoms with E-state index in [0.29, 0.717) is 5.56 Å². The number of H-pyrrole nitrogens is 1. The maximum absolute atomic E-state index is 8.95. The molecule has 1 N–H and O–H groups in total. The molecule has 2 aromatic rings. The van der Waals surface area contributed by atoms with Crippen LogP contribution >= 0.6 is 0 Å². The Balaban J connectivity index is 2.07. The van der Waals surface area contributed by atoms with E-state index in [1.807, 2.05) is 24.3 Å². The molecular formula is C17H18N4. The SMILES string of the molecule is N#Cc1ccc(C(=C2CCCCCC2)c2ncn[nH]2)cc1. The number of nitriles is 1. The van der Waals surface area contributed by atoms with Gasteiger partial charge in [0.25, 0.3) is 0 Å². The molecule has 4 heteroatoms. The van der Waals surface area contributed by atoms with Gasteiger partial charge < -0.3 is 0 Å². The fourth-order valence-corrected chi connectivity index (χ4v) is 2.95. The van der Waals surface area contributed by atoms with Crippen LogP contribution in [0.1, 0.15) is 55.5 Å². The molecular weight excluding hydrogens is 260 g/mol. The zero-order valence-electron chi connectivity index (χ0n) is 12.0. The van der Waals surface area contributed by atoms with Gasteiger partial charge in [-0.1, -0.05) is 30.5 Å². The van der Waals surface area contributed by atoms with Crippen LogP contribution < -0.4 is 0 Å². The molecule has 1 fully saturated rings. The molecule has 1 aromatic heterocycles. The van der Waals surface area contributed by atoms with Crippen LogP contribution in [-0.2, 0) is 0 Å². The normalized spacial score (nSPS) is 15.3. The first-order valence-corrected chi connectivity index (χ1v) is 7.47. The quantitative estimate of drug-likeness (QED) is 0.849. The lowest BCUT2D eigenvalue weighted by molar-refractivity contribution is 0.702. The van der Waals surface area contributed by atoms with Crippen LogP contribution in [0.2, 0.25) is 0 Å². The summed E-state index contributed by atoms with van der Waals surface area (Å²) in [5.74, 6) is 0.830. The van der Waals surface area contributed by atoms with Crippen LogP contribution in [0.5, 0.6) is 0 Å². The van der Waals surface area contributed by atoms with E-state index < -0.39 is 0 Å². The van der Waals surface area contributed by atoms with Crippen LogP contribution in [0.3, 0.4) is 0 Å². The van der Waals surface area contributed by atoms with Crippen molar-refractivity contribution in [2.75, 3.05) is 0 Å². The van der Waals surface area contributed by atoms with E-state index in [1.165, 1.54) is 36.8 Å². The van der Waals surface area contributed by atoms with E-state index in [9.17, 15) is 0 Å². The second-order valence-corrected chi connectivity index (χ2v) is 5.42.